The number of hydrogen-bond acceptors (Lipinski definition) is 4. The van der Waals surface area contributed by atoms with Crippen LogP contribution in [0.2, 0.25) is 0 Å². The van der Waals surface area contributed by atoms with Gasteiger partial charge in [-0.1, -0.05) is 12.7 Å². The van der Waals surface area contributed by atoms with Crippen molar-refractivity contribution >= 4 is 23.8 Å². The van der Waals surface area contributed by atoms with E-state index in [9.17, 15) is 9.59 Å². The fraction of sp³-hybridized carbons (Fsp3) is 0.556. The first kappa shape index (κ1) is 13.8. The molecule has 0 aliphatic carbocycles. The summed E-state index contributed by atoms with van der Waals surface area (Å²) < 4.78 is 4.73. The number of carboxylic acids is 1. The average Bonchev–Trinajstić information content (AvgIpc) is 2.21. The number of carboxylic acid groups (broad SMARTS) is 1. The molecule has 6 heteroatoms. The zero-order valence-corrected chi connectivity index (χ0v) is 9.62. The van der Waals surface area contributed by atoms with Gasteiger partial charge in [0.05, 0.1) is 0 Å². The van der Waals surface area contributed by atoms with Crippen LogP contribution in [0.3, 0.4) is 0 Å². The molecule has 86 valence electrons. The van der Waals surface area contributed by atoms with Crippen molar-refractivity contribution in [3.05, 3.63) is 12.7 Å². The molecule has 0 saturated heterocycles. The van der Waals surface area contributed by atoms with Crippen molar-refractivity contribution in [2.75, 3.05) is 25.7 Å². The number of ether oxygens (including phenoxy) is 1. The summed E-state index contributed by atoms with van der Waals surface area (Å²) in [6.07, 6.45) is 2.55. The van der Waals surface area contributed by atoms with Gasteiger partial charge in [0, 0.05) is 12.8 Å². The van der Waals surface area contributed by atoms with Gasteiger partial charge < -0.3 is 9.84 Å². The molecule has 1 amide bonds. The number of carbonyl (C=O) groups excluding carboxylic acids is 1. The normalized spacial score (nSPS) is 11.6. The van der Waals surface area contributed by atoms with E-state index in [2.05, 4.69) is 6.58 Å². The number of nitrogens with zero attached hydrogens (tertiary/aromatic N) is 1. The van der Waals surface area contributed by atoms with Crippen LogP contribution in [0.25, 0.3) is 0 Å². The van der Waals surface area contributed by atoms with Gasteiger partial charge in [-0.25, -0.2) is 9.59 Å². The van der Waals surface area contributed by atoms with Crippen molar-refractivity contribution < 1.29 is 19.4 Å². The molecule has 0 aromatic carbocycles. The second kappa shape index (κ2) is 7.17. The highest BCUT2D eigenvalue weighted by Crippen LogP contribution is 2.06. The Morgan fingerprint density at radius 1 is 1.67 bits per heavy atom. The molecule has 1 atom stereocenters. The zero-order valence-electron chi connectivity index (χ0n) is 8.80. The summed E-state index contributed by atoms with van der Waals surface area (Å²) in [5, 5.41) is 8.87. The molecule has 0 spiro atoms. The molecule has 0 fully saturated rings. The van der Waals surface area contributed by atoms with E-state index < -0.39 is 18.1 Å². The Kier molecular flexibility index (Phi) is 6.61. The topological polar surface area (TPSA) is 66.8 Å². The summed E-state index contributed by atoms with van der Waals surface area (Å²) in [4.78, 5) is 23.2. The van der Waals surface area contributed by atoms with Crippen LogP contribution in [0.4, 0.5) is 4.79 Å². The maximum absolute atomic E-state index is 11.3. The fourth-order valence-electron chi connectivity index (χ4n) is 0.866. The first-order chi connectivity index (χ1) is 7.04. The lowest BCUT2D eigenvalue weighted by Crippen LogP contribution is -2.44. The maximum atomic E-state index is 11.3. The molecule has 0 aliphatic heterocycles. The highest BCUT2D eigenvalue weighted by Gasteiger charge is 2.26. The van der Waals surface area contributed by atoms with E-state index in [0.29, 0.717) is 5.75 Å². The Morgan fingerprint density at radius 3 is 2.67 bits per heavy atom. The third-order valence-corrected chi connectivity index (χ3v) is 2.34. The number of hydrogen-bond donors (Lipinski definition) is 1. The molecule has 0 unspecified atom stereocenters. The van der Waals surface area contributed by atoms with Crippen LogP contribution in [0.1, 0.15) is 0 Å². The quantitative estimate of drug-likeness (QED) is 0.695. The van der Waals surface area contributed by atoms with Crippen LogP contribution in [0.15, 0.2) is 12.7 Å². The minimum atomic E-state index is -1.04. The summed E-state index contributed by atoms with van der Waals surface area (Å²) in [5.74, 6) is -0.711. The molecule has 0 bridgehead atoms. The van der Waals surface area contributed by atoms with Crippen LogP contribution in [-0.4, -0.2) is 53.8 Å². The molecule has 1 N–H and O–H groups in total. The standard InChI is InChI=1S/C9H15NO4S/c1-4-5-14-9(13)10(2)7(6-15-3)8(11)12/h4,7H,1,5-6H2,2-3H3,(H,11,12)/t7-/m0/s1. The van der Waals surface area contributed by atoms with Crippen molar-refractivity contribution in [1.82, 2.24) is 4.90 Å². The number of carbonyl (C=O) groups is 2. The third-order valence-electron chi connectivity index (χ3n) is 1.69. The Morgan fingerprint density at radius 2 is 2.27 bits per heavy atom. The van der Waals surface area contributed by atoms with Crippen LogP contribution in [0.5, 0.6) is 0 Å². The minimum absolute atomic E-state index is 0.0782. The van der Waals surface area contributed by atoms with Gasteiger partial charge in [0.25, 0.3) is 0 Å². The van der Waals surface area contributed by atoms with Gasteiger partial charge in [0.1, 0.15) is 12.6 Å². The molecule has 0 heterocycles. The van der Waals surface area contributed by atoms with Crippen molar-refractivity contribution in [2.24, 2.45) is 0 Å². The number of likely N-dealkylation sites (N-methyl/N-ethyl adjacent to an activating group) is 1. The Balaban J connectivity index is 4.34. The van der Waals surface area contributed by atoms with Gasteiger partial charge in [-0.2, -0.15) is 11.8 Å². The SMILES string of the molecule is C=CCOC(=O)N(C)[C@@H](CSC)C(=O)O. The number of aliphatic carboxylic acids is 1. The van der Waals surface area contributed by atoms with Gasteiger partial charge in [0.2, 0.25) is 0 Å². The van der Waals surface area contributed by atoms with Crippen LogP contribution in [-0.2, 0) is 9.53 Å². The van der Waals surface area contributed by atoms with E-state index in [4.69, 9.17) is 9.84 Å². The first-order valence-electron chi connectivity index (χ1n) is 4.26. The summed E-state index contributed by atoms with van der Waals surface area (Å²) in [7, 11) is 1.40. The molecular formula is C9H15NO4S. The molecule has 5 nitrogen and oxygen atoms in total. The Labute approximate surface area is 93.1 Å². The fourth-order valence-corrected chi connectivity index (χ4v) is 1.55. The zero-order chi connectivity index (χ0) is 11.8. The van der Waals surface area contributed by atoms with Crippen LogP contribution < -0.4 is 0 Å². The monoisotopic (exact) mass is 233 g/mol. The van der Waals surface area contributed by atoms with Gasteiger partial charge >= 0.3 is 12.1 Å². The predicted molar refractivity (Wildman–Crippen MR) is 59.1 cm³/mol. The molecule has 0 aromatic rings. The number of rotatable bonds is 6. The second-order valence-corrected chi connectivity index (χ2v) is 3.70. The van der Waals surface area contributed by atoms with E-state index in [0.717, 1.165) is 4.90 Å². The maximum Gasteiger partial charge on any atom is 0.410 e. The predicted octanol–water partition coefficient (Wildman–Crippen LogP) is 1.06. The molecule has 0 aromatic heterocycles. The highest BCUT2D eigenvalue weighted by molar-refractivity contribution is 7.98. The van der Waals surface area contributed by atoms with E-state index >= 15 is 0 Å². The van der Waals surface area contributed by atoms with Crippen molar-refractivity contribution in [3.8, 4) is 0 Å². The number of amides is 1. The summed E-state index contributed by atoms with van der Waals surface area (Å²) >= 11 is 1.36. The minimum Gasteiger partial charge on any atom is -0.480 e. The lowest BCUT2D eigenvalue weighted by atomic mass is 10.3. The summed E-state index contributed by atoms with van der Waals surface area (Å²) in [5.41, 5.74) is 0. The Bertz CT molecular complexity index is 244. The molecular weight excluding hydrogens is 218 g/mol. The van der Waals surface area contributed by atoms with Crippen molar-refractivity contribution in [3.63, 3.8) is 0 Å². The van der Waals surface area contributed by atoms with Gasteiger partial charge in [-0.05, 0) is 6.26 Å². The lowest BCUT2D eigenvalue weighted by Gasteiger charge is -2.23. The van der Waals surface area contributed by atoms with Gasteiger partial charge in [-0.15, -0.1) is 0 Å². The van der Waals surface area contributed by atoms with Crippen LogP contribution in [0, 0.1) is 0 Å². The smallest absolute Gasteiger partial charge is 0.410 e. The van der Waals surface area contributed by atoms with E-state index in [1.807, 2.05) is 0 Å². The Hall–Kier alpha value is -1.17. The average molecular weight is 233 g/mol. The van der Waals surface area contributed by atoms with Crippen molar-refractivity contribution in [2.45, 2.75) is 6.04 Å². The van der Waals surface area contributed by atoms with E-state index in [1.165, 1.54) is 24.9 Å². The molecule has 0 radical (unpaired) electrons. The van der Waals surface area contributed by atoms with E-state index in [1.54, 1.807) is 6.26 Å². The summed E-state index contributed by atoms with van der Waals surface area (Å²) in [6.45, 7) is 3.47. The summed E-state index contributed by atoms with van der Waals surface area (Å²) in [6, 6.07) is -0.864. The van der Waals surface area contributed by atoms with E-state index in [-0.39, 0.29) is 6.61 Å². The highest BCUT2D eigenvalue weighted by atomic mass is 32.2. The third kappa shape index (κ3) is 4.73. The lowest BCUT2D eigenvalue weighted by molar-refractivity contribution is -0.141. The molecule has 0 aliphatic rings. The van der Waals surface area contributed by atoms with Gasteiger partial charge in [0.15, 0.2) is 0 Å². The van der Waals surface area contributed by atoms with Gasteiger partial charge in [-0.3, -0.25) is 4.90 Å². The molecule has 0 saturated carbocycles. The van der Waals surface area contributed by atoms with Crippen LogP contribution >= 0.6 is 11.8 Å². The van der Waals surface area contributed by atoms with Crippen molar-refractivity contribution in [1.29, 1.82) is 0 Å². The second-order valence-electron chi connectivity index (χ2n) is 2.79. The molecule has 15 heavy (non-hydrogen) atoms. The number of thioether (sulfide) groups is 1. The largest absolute Gasteiger partial charge is 0.480 e. The molecule has 0 rings (SSSR count). The first-order valence-corrected chi connectivity index (χ1v) is 5.66.